The first-order valence-electron chi connectivity index (χ1n) is 6.20. The van der Waals surface area contributed by atoms with E-state index in [-0.39, 0.29) is 23.7 Å². The zero-order chi connectivity index (χ0) is 16.0. The van der Waals surface area contributed by atoms with E-state index in [4.69, 9.17) is 9.47 Å². The lowest BCUT2D eigenvalue weighted by Gasteiger charge is -2.23. The molecule has 7 nitrogen and oxygen atoms in total. The molecule has 1 unspecified atom stereocenters. The zero-order valence-electron chi connectivity index (χ0n) is 12.5. The van der Waals surface area contributed by atoms with Crippen molar-refractivity contribution in [3.63, 3.8) is 0 Å². The van der Waals surface area contributed by atoms with Crippen LogP contribution >= 0.6 is 11.8 Å². The maximum atomic E-state index is 11.1. The van der Waals surface area contributed by atoms with E-state index in [2.05, 4.69) is 5.32 Å². The Bertz CT molecular complexity index is 508. The summed E-state index contributed by atoms with van der Waals surface area (Å²) >= 11 is 1.50. The van der Waals surface area contributed by atoms with E-state index in [1.807, 2.05) is 6.26 Å². The van der Waals surface area contributed by atoms with Gasteiger partial charge in [0.1, 0.15) is 5.69 Å². The second kappa shape index (κ2) is 7.37. The highest BCUT2D eigenvalue weighted by molar-refractivity contribution is 7.98. The first-order valence-corrected chi connectivity index (χ1v) is 7.59. The number of hydrogen-bond acceptors (Lipinski definition) is 7. The fraction of sp³-hybridized carbons (Fsp3) is 0.538. The lowest BCUT2D eigenvalue weighted by atomic mass is 10.1. The van der Waals surface area contributed by atoms with E-state index in [1.54, 1.807) is 6.92 Å². The monoisotopic (exact) mass is 316 g/mol. The van der Waals surface area contributed by atoms with Gasteiger partial charge in [-0.15, -0.1) is 0 Å². The fourth-order valence-corrected chi connectivity index (χ4v) is 2.53. The lowest BCUT2D eigenvalue weighted by Crippen LogP contribution is -2.36. The average molecular weight is 316 g/mol. The molecule has 2 N–H and O–H groups in total. The van der Waals surface area contributed by atoms with E-state index in [9.17, 15) is 15.2 Å². The van der Waals surface area contributed by atoms with Crippen LogP contribution in [-0.4, -0.2) is 48.4 Å². The number of benzene rings is 1. The van der Waals surface area contributed by atoms with Crippen LogP contribution in [0.5, 0.6) is 11.5 Å². The van der Waals surface area contributed by atoms with Crippen molar-refractivity contribution in [1.29, 1.82) is 0 Å². The van der Waals surface area contributed by atoms with E-state index >= 15 is 0 Å². The van der Waals surface area contributed by atoms with Crippen LogP contribution in [0.2, 0.25) is 0 Å². The normalized spacial score (nSPS) is 13.4. The van der Waals surface area contributed by atoms with Crippen molar-refractivity contribution in [3.8, 4) is 11.5 Å². The van der Waals surface area contributed by atoms with Gasteiger partial charge in [-0.25, -0.2) is 0 Å². The maximum Gasteiger partial charge on any atom is 0.296 e. The maximum absolute atomic E-state index is 11.1. The van der Waals surface area contributed by atoms with E-state index in [1.165, 1.54) is 38.1 Å². The van der Waals surface area contributed by atoms with Gasteiger partial charge in [-0.2, -0.15) is 11.8 Å². The number of ether oxygens (including phenoxy) is 2. The van der Waals surface area contributed by atoms with Crippen molar-refractivity contribution in [2.75, 3.05) is 38.1 Å². The van der Waals surface area contributed by atoms with Gasteiger partial charge < -0.3 is 19.9 Å². The summed E-state index contributed by atoms with van der Waals surface area (Å²) in [5.74, 6) is 1.18. The van der Waals surface area contributed by atoms with Crippen molar-refractivity contribution in [2.24, 2.45) is 0 Å². The fourth-order valence-electron chi connectivity index (χ4n) is 1.81. The zero-order valence-corrected chi connectivity index (χ0v) is 13.3. The van der Waals surface area contributed by atoms with Crippen LogP contribution in [-0.2, 0) is 0 Å². The number of hydrogen-bond donors (Lipinski definition) is 2. The van der Waals surface area contributed by atoms with Gasteiger partial charge in [0, 0.05) is 18.4 Å². The highest BCUT2D eigenvalue weighted by Crippen LogP contribution is 2.37. The summed E-state index contributed by atoms with van der Waals surface area (Å²) in [6.45, 7) is 1.85. The van der Waals surface area contributed by atoms with Crippen molar-refractivity contribution in [2.45, 2.75) is 12.5 Å². The molecule has 1 aromatic rings. The number of anilines is 1. The molecule has 0 aliphatic heterocycles. The molecule has 21 heavy (non-hydrogen) atoms. The van der Waals surface area contributed by atoms with Crippen LogP contribution < -0.4 is 14.8 Å². The molecule has 0 amide bonds. The van der Waals surface area contributed by atoms with Gasteiger partial charge in [-0.05, 0) is 13.2 Å². The van der Waals surface area contributed by atoms with Gasteiger partial charge >= 0.3 is 0 Å². The highest BCUT2D eigenvalue weighted by Gasteiger charge is 2.23. The standard InChI is InChI=1S/C13H20N2O5S/c1-13(16,8-21-4)7-14-9-5-11(19-2)12(20-3)6-10(9)15(17)18/h5-6,14,16H,7-8H2,1-4H3. The van der Waals surface area contributed by atoms with Crippen LogP contribution in [0.4, 0.5) is 11.4 Å². The molecule has 118 valence electrons. The summed E-state index contributed by atoms with van der Waals surface area (Å²) in [6.07, 6.45) is 1.88. The Kier molecular flexibility index (Phi) is 6.10. The number of nitrogens with one attached hydrogen (secondary N) is 1. The summed E-state index contributed by atoms with van der Waals surface area (Å²) in [7, 11) is 2.87. The van der Waals surface area contributed by atoms with Gasteiger partial charge in [0.15, 0.2) is 11.5 Å². The third-order valence-electron chi connectivity index (χ3n) is 2.81. The number of aliphatic hydroxyl groups is 1. The Morgan fingerprint density at radius 3 is 2.43 bits per heavy atom. The predicted molar refractivity (Wildman–Crippen MR) is 83.7 cm³/mol. The number of nitro benzene ring substituents is 1. The predicted octanol–water partition coefficient (Wildman–Crippen LogP) is 2.14. The summed E-state index contributed by atoms with van der Waals surface area (Å²) < 4.78 is 10.2. The average Bonchev–Trinajstić information content (AvgIpc) is 2.43. The molecular weight excluding hydrogens is 296 g/mol. The van der Waals surface area contributed by atoms with E-state index < -0.39 is 10.5 Å². The molecule has 0 aliphatic carbocycles. The van der Waals surface area contributed by atoms with Crippen molar-refractivity contribution in [3.05, 3.63) is 22.2 Å². The number of thioether (sulfide) groups is 1. The van der Waals surface area contributed by atoms with Crippen molar-refractivity contribution in [1.82, 2.24) is 0 Å². The molecule has 0 radical (unpaired) electrons. The summed E-state index contributed by atoms with van der Waals surface area (Å²) in [5.41, 5.74) is -0.827. The second-order valence-corrected chi connectivity index (χ2v) is 5.63. The topological polar surface area (TPSA) is 93.9 Å². The van der Waals surface area contributed by atoms with Crippen LogP contribution in [0.3, 0.4) is 0 Å². The van der Waals surface area contributed by atoms with Crippen molar-refractivity contribution < 1.29 is 19.5 Å². The summed E-state index contributed by atoms with van der Waals surface area (Å²) in [6, 6.07) is 2.79. The molecule has 0 aliphatic rings. The van der Waals surface area contributed by atoms with Gasteiger partial charge in [0.05, 0.1) is 30.8 Å². The first kappa shape index (κ1) is 17.4. The third-order valence-corrected chi connectivity index (χ3v) is 3.72. The SMILES string of the molecule is COc1cc(NCC(C)(O)CSC)c([N+](=O)[O-])cc1OC. The number of methoxy groups -OCH3 is 2. The molecule has 8 heteroatoms. The van der Waals surface area contributed by atoms with Crippen LogP contribution in [0.15, 0.2) is 12.1 Å². The number of nitrogens with zero attached hydrogens (tertiary/aromatic N) is 1. The summed E-state index contributed by atoms with van der Waals surface area (Å²) in [4.78, 5) is 10.6. The minimum atomic E-state index is -0.972. The van der Waals surface area contributed by atoms with Gasteiger partial charge in [-0.3, -0.25) is 10.1 Å². The minimum absolute atomic E-state index is 0.132. The van der Waals surface area contributed by atoms with Crippen molar-refractivity contribution >= 4 is 23.1 Å². The van der Waals surface area contributed by atoms with Gasteiger partial charge in [0.25, 0.3) is 5.69 Å². The first-order chi connectivity index (χ1) is 9.84. The summed E-state index contributed by atoms with van der Waals surface area (Å²) in [5, 5.41) is 24.2. The molecule has 0 spiro atoms. The largest absolute Gasteiger partial charge is 0.493 e. The number of rotatable bonds is 8. The Labute approximate surface area is 127 Å². The molecule has 0 aromatic heterocycles. The molecule has 1 atom stereocenters. The van der Waals surface area contributed by atoms with Crippen LogP contribution in [0, 0.1) is 10.1 Å². The minimum Gasteiger partial charge on any atom is -0.493 e. The van der Waals surface area contributed by atoms with Gasteiger partial charge in [0.2, 0.25) is 0 Å². The van der Waals surface area contributed by atoms with E-state index in [0.717, 1.165) is 0 Å². The molecule has 0 fully saturated rings. The molecule has 1 aromatic carbocycles. The molecule has 0 heterocycles. The Hall–Kier alpha value is -1.67. The molecule has 0 bridgehead atoms. The number of nitro groups is 1. The van der Waals surface area contributed by atoms with E-state index in [0.29, 0.717) is 11.5 Å². The van der Waals surface area contributed by atoms with Crippen LogP contribution in [0.25, 0.3) is 0 Å². The van der Waals surface area contributed by atoms with Crippen LogP contribution in [0.1, 0.15) is 6.92 Å². The molecule has 0 saturated heterocycles. The Morgan fingerprint density at radius 2 is 1.95 bits per heavy atom. The quantitative estimate of drug-likeness (QED) is 0.560. The Balaban J connectivity index is 3.07. The second-order valence-electron chi connectivity index (χ2n) is 4.76. The third kappa shape index (κ3) is 4.68. The molecule has 0 saturated carbocycles. The lowest BCUT2D eigenvalue weighted by molar-refractivity contribution is -0.384. The Morgan fingerprint density at radius 1 is 1.38 bits per heavy atom. The molecular formula is C13H20N2O5S. The smallest absolute Gasteiger partial charge is 0.296 e. The molecule has 1 rings (SSSR count). The van der Waals surface area contributed by atoms with Gasteiger partial charge in [-0.1, -0.05) is 0 Å². The highest BCUT2D eigenvalue weighted by atomic mass is 32.2.